The van der Waals surface area contributed by atoms with E-state index < -0.39 is 0 Å². The third-order valence-corrected chi connectivity index (χ3v) is 4.10. The Morgan fingerprint density at radius 1 is 1.45 bits per heavy atom. The summed E-state index contributed by atoms with van der Waals surface area (Å²) in [5.41, 5.74) is 4.85. The molecule has 0 aliphatic heterocycles. The summed E-state index contributed by atoms with van der Waals surface area (Å²) >= 11 is 0. The van der Waals surface area contributed by atoms with Crippen molar-refractivity contribution in [1.82, 2.24) is 10.3 Å². The van der Waals surface area contributed by atoms with E-state index in [1.54, 1.807) is 6.92 Å². The van der Waals surface area contributed by atoms with Crippen LogP contribution in [-0.4, -0.2) is 24.5 Å². The van der Waals surface area contributed by atoms with Crippen molar-refractivity contribution in [2.75, 3.05) is 18.9 Å². The summed E-state index contributed by atoms with van der Waals surface area (Å²) in [6.07, 6.45) is 3.46. The van der Waals surface area contributed by atoms with E-state index in [4.69, 9.17) is 0 Å². The molecule has 4 nitrogen and oxygen atoms in total. The minimum atomic E-state index is -0.0261. The Hall–Kier alpha value is -1.81. The fourth-order valence-corrected chi connectivity index (χ4v) is 3.23. The molecular weight excluding hydrogens is 250 g/mol. The van der Waals surface area contributed by atoms with E-state index in [2.05, 4.69) is 27.8 Å². The minimum absolute atomic E-state index is 0.0261. The van der Waals surface area contributed by atoms with Gasteiger partial charge in [-0.15, -0.1) is 0 Å². The van der Waals surface area contributed by atoms with Gasteiger partial charge in [0.05, 0.1) is 0 Å². The molecule has 1 aromatic heterocycles. The highest BCUT2D eigenvalue weighted by molar-refractivity contribution is 5.94. The van der Waals surface area contributed by atoms with Crippen LogP contribution in [0.25, 0.3) is 10.9 Å². The molecule has 1 heterocycles. The lowest BCUT2D eigenvalue weighted by atomic mass is 9.86. The second-order valence-corrected chi connectivity index (χ2v) is 5.69. The average molecular weight is 271 g/mol. The van der Waals surface area contributed by atoms with Gasteiger partial charge >= 0.3 is 0 Å². The predicted molar refractivity (Wildman–Crippen MR) is 82.0 cm³/mol. The third-order valence-electron chi connectivity index (χ3n) is 4.10. The summed E-state index contributed by atoms with van der Waals surface area (Å²) in [5.74, 6) is 0.678. The third kappa shape index (κ3) is 2.43. The van der Waals surface area contributed by atoms with E-state index in [-0.39, 0.29) is 5.91 Å². The van der Waals surface area contributed by atoms with Crippen molar-refractivity contribution in [3.8, 4) is 0 Å². The fraction of sp³-hybridized carbons (Fsp3) is 0.438. The average Bonchev–Trinajstić information content (AvgIpc) is 2.76. The number of carbonyl (C=O) groups is 1. The topological polar surface area (TPSA) is 56.9 Å². The smallest absolute Gasteiger partial charge is 0.221 e. The second kappa shape index (κ2) is 5.29. The number of carbonyl (C=O) groups excluding carboxylic acids is 1. The van der Waals surface area contributed by atoms with Crippen LogP contribution in [0.3, 0.4) is 0 Å². The summed E-state index contributed by atoms with van der Waals surface area (Å²) in [6, 6.07) is 6.11. The Morgan fingerprint density at radius 3 is 3.05 bits per heavy atom. The molecule has 3 rings (SSSR count). The summed E-state index contributed by atoms with van der Waals surface area (Å²) < 4.78 is 0. The standard InChI is InChI=1S/C16H21N3O/c1-10(20)18-12-4-6-16-14(8-12)13-7-11(9-17-2)3-5-15(13)19-16/h4,6,8,11,17,19H,3,5,7,9H2,1-2H3,(H,18,20). The zero-order chi connectivity index (χ0) is 14.1. The Morgan fingerprint density at radius 2 is 2.30 bits per heavy atom. The van der Waals surface area contributed by atoms with E-state index in [1.165, 1.54) is 28.6 Å². The van der Waals surface area contributed by atoms with Crippen LogP contribution in [0.4, 0.5) is 5.69 Å². The van der Waals surface area contributed by atoms with Gasteiger partial charge in [0, 0.05) is 29.2 Å². The van der Waals surface area contributed by atoms with Crippen molar-refractivity contribution in [2.45, 2.75) is 26.2 Å². The molecular formula is C16H21N3O. The normalized spacial score (nSPS) is 18.0. The first-order chi connectivity index (χ1) is 9.67. The highest BCUT2D eigenvalue weighted by Crippen LogP contribution is 2.32. The lowest BCUT2D eigenvalue weighted by Gasteiger charge is -2.22. The van der Waals surface area contributed by atoms with Crippen LogP contribution in [0.1, 0.15) is 24.6 Å². The number of fused-ring (bicyclic) bond motifs is 3. The van der Waals surface area contributed by atoms with Crippen molar-refractivity contribution >= 4 is 22.5 Å². The largest absolute Gasteiger partial charge is 0.358 e. The molecule has 4 heteroatoms. The first-order valence-corrected chi connectivity index (χ1v) is 7.23. The number of benzene rings is 1. The Bertz CT molecular complexity index is 644. The number of hydrogen-bond donors (Lipinski definition) is 3. The zero-order valence-corrected chi connectivity index (χ0v) is 12.0. The number of aromatic amines is 1. The minimum Gasteiger partial charge on any atom is -0.358 e. The molecule has 2 aromatic rings. The molecule has 1 aliphatic rings. The lowest BCUT2D eigenvalue weighted by Crippen LogP contribution is -2.24. The van der Waals surface area contributed by atoms with Gasteiger partial charge < -0.3 is 15.6 Å². The first-order valence-electron chi connectivity index (χ1n) is 7.23. The monoisotopic (exact) mass is 271 g/mol. The second-order valence-electron chi connectivity index (χ2n) is 5.69. The van der Waals surface area contributed by atoms with Gasteiger partial charge in [0.15, 0.2) is 0 Å². The van der Waals surface area contributed by atoms with Gasteiger partial charge in [0.2, 0.25) is 5.91 Å². The number of hydrogen-bond acceptors (Lipinski definition) is 2. The molecule has 1 unspecified atom stereocenters. The van der Waals surface area contributed by atoms with Gasteiger partial charge in [-0.25, -0.2) is 0 Å². The van der Waals surface area contributed by atoms with Crippen molar-refractivity contribution in [3.05, 3.63) is 29.5 Å². The van der Waals surface area contributed by atoms with Crippen LogP contribution in [-0.2, 0) is 17.6 Å². The van der Waals surface area contributed by atoms with Crippen LogP contribution in [0.5, 0.6) is 0 Å². The number of H-pyrrole nitrogens is 1. The summed E-state index contributed by atoms with van der Waals surface area (Å²) in [7, 11) is 2.01. The van der Waals surface area contributed by atoms with E-state index in [9.17, 15) is 4.79 Å². The van der Waals surface area contributed by atoms with Crippen LogP contribution < -0.4 is 10.6 Å². The molecule has 3 N–H and O–H groups in total. The molecule has 0 saturated heterocycles. The number of nitrogens with one attached hydrogen (secondary N) is 3. The Balaban J connectivity index is 1.98. The summed E-state index contributed by atoms with van der Waals surface area (Å²) in [6.45, 7) is 2.61. The van der Waals surface area contributed by atoms with Crippen LogP contribution >= 0.6 is 0 Å². The maximum Gasteiger partial charge on any atom is 0.221 e. The molecule has 1 aliphatic carbocycles. The van der Waals surface area contributed by atoms with Crippen molar-refractivity contribution in [2.24, 2.45) is 5.92 Å². The van der Waals surface area contributed by atoms with Gasteiger partial charge in [-0.2, -0.15) is 0 Å². The zero-order valence-electron chi connectivity index (χ0n) is 12.0. The maximum absolute atomic E-state index is 11.2. The van der Waals surface area contributed by atoms with E-state index in [0.717, 1.165) is 25.1 Å². The molecule has 0 fully saturated rings. The van der Waals surface area contributed by atoms with E-state index in [1.807, 2.05) is 13.1 Å². The van der Waals surface area contributed by atoms with Crippen molar-refractivity contribution in [3.63, 3.8) is 0 Å². The van der Waals surface area contributed by atoms with Crippen LogP contribution in [0.2, 0.25) is 0 Å². The molecule has 106 valence electrons. The molecule has 0 radical (unpaired) electrons. The van der Waals surface area contributed by atoms with E-state index >= 15 is 0 Å². The first kappa shape index (κ1) is 13.2. The van der Waals surface area contributed by atoms with Crippen molar-refractivity contribution < 1.29 is 4.79 Å². The fourth-order valence-electron chi connectivity index (χ4n) is 3.23. The Labute approximate surface area is 118 Å². The van der Waals surface area contributed by atoms with Gasteiger partial charge in [-0.1, -0.05) is 0 Å². The Kier molecular flexibility index (Phi) is 3.49. The molecule has 0 bridgehead atoms. The number of amides is 1. The summed E-state index contributed by atoms with van der Waals surface area (Å²) in [4.78, 5) is 14.7. The van der Waals surface area contributed by atoms with E-state index in [0.29, 0.717) is 5.92 Å². The number of aromatic nitrogens is 1. The highest BCUT2D eigenvalue weighted by Gasteiger charge is 2.22. The number of anilines is 1. The summed E-state index contributed by atoms with van der Waals surface area (Å²) in [5, 5.41) is 7.40. The van der Waals surface area contributed by atoms with Gasteiger partial charge in [0.1, 0.15) is 0 Å². The molecule has 1 aromatic carbocycles. The molecule has 1 atom stereocenters. The highest BCUT2D eigenvalue weighted by atomic mass is 16.1. The molecule has 0 spiro atoms. The molecule has 0 saturated carbocycles. The van der Waals surface area contributed by atoms with Crippen LogP contribution in [0, 0.1) is 5.92 Å². The predicted octanol–water partition coefficient (Wildman–Crippen LogP) is 2.45. The van der Waals surface area contributed by atoms with Gasteiger partial charge in [-0.05, 0) is 62.5 Å². The molecule has 20 heavy (non-hydrogen) atoms. The van der Waals surface area contributed by atoms with Crippen LogP contribution in [0.15, 0.2) is 18.2 Å². The lowest BCUT2D eigenvalue weighted by molar-refractivity contribution is -0.114. The quantitative estimate of drug-likeness (QED) is 0.803. The maximum atomic E-state index is 11.2. The van der Waals surface area contributed by atoms with Crippen molar-refractivity contribution in [1.29, 1.82) is 0 Å². The van der Waals surface area contributed by atoms with Gasteiger partial charge in [-0.3, -0.25) is 4.79 Å². The van der Waals surface area contributed by atoms with Gasteiger partial charge in [0.25, 0.3) is 0 Å². The number of aryl methyl sites for hydroxylation is 1. The molecule has 1 amide bonds. The number of rotatable bonds is 3. The SMILES string of the molecule is CNCC1CCc2[nH]c3ccc(NC(C)=O)cc3c2C1.